The SMILES string of the molecule is CCCn1c(=O)c2[nH]c(CCCCn3nc(Cl)ccc3=O)nc2n(C)c1=O. The van der Waals surface area contributed by atoms with Crippen molar-refractivity contribution < 1.29 is 0 Å². The molecule has 0 amide bonds. The summed E-state index contributed by atoms with van der Waals surface area (Å²) in [6, 6.07) is 2.85. The van der Waals surface area contributed by atoms with E-state index in [2.05, 4.69) is 15.1 Å². The van der Waals surface area contributed by atoms with Crippen LogP contribution in [0.2, 0.25) is 5.15 Å². The number of hydrogen-bond acceptors (Lipinski definition) is 5. The lowest BCUT2D eigenvalue weighted by Gasteiger charge is -2.05. The minimum absolute atomic E-state index is 0.199. The number of unbranched alkanes of at least 4 members (excludes halogenated alkanes) is 1. The zero-order chi connectivity index (χ0) is 19.6. The third-order valence-electron chi connectivity index (χ3n) is 4.34. The van der Waals surface area contributed by atoms with Crippen molar-refractivity contribution in [2.75, 3.05) is 0 Å². The van der Waals surface area contributed by atoms with Gasteiger partial charge in [-0.1, -0.05) is 18.5 Å². The van der Waals surface area contributed by atoms with Crippen LogP contribution in [0.5, 0.6) is 0 Å². The molecule has 0 unspecified atom stereocenters. The van der Waals surface area contributed by atoms with E-state index in [0.29, 0.717) is 49.3 Å². The van der Waals surface area contributed by atoms with Gasteiger partial charge < -0.3 is 4.98 Å². The minimum Gasteiger partial charge on any atom is -0.336 e. The summed E-state index contributed by atoms with van der Waals surface area (Å²) in [5, 5.41) is 4.25. The molecule has 0 aliphatic rings. The predicted octanol–water partition coefficient (Wildman–Crippen LogP) is 1.07. The third-order valence-corrected chi connectivity index (χ3v) is 4.54. The van der Waals surface area contributed by atoms with Gasteiger partial charge in [-0.05, 0) is 25.3 Å². The van der Waals surface area contributed by atoms with Crippen molar-refractivity contribution in [1.29, 1.82) is 0 Å². The van der Waals surface area contributed by atoms with Crippen LogP contribution in [-0.4, -0.2) is 28.9 Å². The molecule has 3 aromatic rings. The first-order valence-corrected chi connectivity index (χ1v) is 9.22. The summed E-state index contributed by atoms with van der Waals surface area (Å²) in [6.07, 6.45) is 2.71. The van der Waals surface area contributed by atoms with Gasteiger partial charge in [-0.25, -0.2) is 14.5 Å². The summed E-state index contributed by atoms with van der Waals surface area (Å²) < 4.78 is 3.94. The number of aryl methyl sites for hydroxylation is 3. The lowest BCUT2D eigenvalue weighted by atomic mass is 10.2. The molecule has 0 aromatic carbocycles. The molecule has 0 aliphatic heterocycles. The third kappa shape index (κ3) is 3.87. The van der Waals surface area contributed by atoms with Crippen LogP contribution in [-0.2, 0) is 26.6 Å². The summed E-state index contributed by atoms with van der Waals surface area (Å²) in [6.45, 7) is 2.73. The van der Waals surface area contributed by atoms with Crippen molar-refractivity contribution in [3.63, 3.8) is 0 Å². The van der Waals surface area contributed by atoms with Gasteiger partial charge in [0.2, 0.25) is 0 Å². The Balaban J connectivity index is 1.74. The van der Waals surface area contributed by atoms with Gasteiger partial charge in [0.25, 0.3) is 11.1 Å². The highest BCUT2D eigenvalue weighted by Gasteiger charge is 2.14. The van der Waals surface area contributed by atoms with Gasteiger partial charge >= 0.3 is 5.69 Å². The first-order chi connectivity index (χ1) is 12.9. The number of halogens is 1. The molecule has 0 spiro atoms. The summed E-state index contributed by atoms with van der Waals surface area (Å²) in [4.78, 5) is 43.9. The number of rotatable bonds is 7. The average Bonchev–Trinajstić information content (AvgIpc) is 3.08. The highest BCUT2D eigenvalue weighted by atomic mass is 35.5. The fourth-order valence-corrected chi connectivity index (χ4v) is 3.13. The van der Waals surface area contributed by atoms with Gasteiger partial charge in [0, 0.05) is 32.6 Å². The number of nitrogens with one attached hydrogen (secondary N) is 1. The second-order valence-electron chi connectivity index (χ2n) is 6.36. The summed E-state index contributed by atoms with van der Waals surface area (Å²) in [7, 11) is 1.61. The largest absolute Gasteiger partial charge is 0.336 e. The van der Waals surface area contributed by atoms with Crippen molar-refractivity contribution in [1.82, 2.24) is 28.9 Å². The average molecular weight is 393 g/mol. The molecular weight excluding hydrogens is 372 g/mol. The molecule has 1 N–H and O–H groups in total. The topological polar surface area (TPSA) is 108 Å². The first kappa shape index (κ1) is 19.1. The van der Waals surface area contributed by atoms with Gasteiger partial charge in [0.15, 0.2) is 5.65 Å². The van der Waals surface area contributed by atoms with Crippen molar-refractivity contribution >= 4 is 22.8 Å². The first-order valence-electron chi connectivity index (χ1n) is 8.84. The molecule has 0 radical (unpaired) electrons. The zero-order valence-corrected chi connectivity index (χ0v) is 16.0. The van der Waals surface area contributed by atoms with Crippen LogP contribution < -0.4 is 16.8 Å². The fraction of sp³-hybridized carbons (Fsp3) is 0.471. The monoisotopic (exact) mass is 392 g/mol. The van der Waals surface area contributed by atoms with E-state index in [0.717, 1.165) is 6.42 Å². The fourth-order valence-electron chi connectivity index (χ4n) is 2.97. The van der Waals surface area contributed by atoms with E-state index in [1.807, 2.05) is 6.92 Å². The van der Waals surface area contributed by atoms with Crippen LogP contribution in [0.25, 0.3) is 11.2 Å². The van der Waals surface area contributed by atoms with E-state index in [9.17, 15) is 14.4 Å². The molecule has 27 heavy (non-hydrogen) atoms. The molecular formula is C17H21ClN6O3. The van der Waals surface area contributed by atoms with Crippen LogP contribution in [0.15, 0.2) is 26.5 Å². The molecule has 3 aromatic heterocycles. The smallest absolute Gasteiger partial charge is 0.332 e. The Morgan fingerprint density at radius 1 is 1.15 bits per heavy atom. The molecule has 144 valence electrons. The molecule has 0 saturated carbocycles. The molecule has 0 fully saturated rings. The molecule has 0 saturated heterocycles. The Morgan fingerprint density at radius 3 is 2.67 bits per heavy atom. The predicted molar refractivity (Wildman–Crippen MR) is 102 cm³/mol. The Labute approximate surface area is 159 Å². The van der Waals surface area contributed by atoms with Gasteiger partial charge in [0.05, 0.1) is 0 Å². The lowest BCUT2D eigenvalue weighted by molar-refractivity contribution is 0.529. The lowest BCUT2D eigenvalue weighted by Crippen LogP contribution is -2.39. The van der Waals surface area contributed by atoms with Crippen molar-refractivity contribution in [2.45, 2.75) is 45.7 Å². The van der Waals surface area contributed by atoms with E-state index < -0.39 is 0 Å². The summed E-state index contributed by atoms with van der Waals surface area (Å²) in [5.74, 6) is 0.637. The normalized spacial score (nSPS) is 11.4. The van der Waals surface area contributed by atoms with Crippen LogP contribution in [0.1, 0.15) is 32.0 Å². The van der Waals surface area contributed by atoms with Crippen LogP contribution >= 0.6 is 11.6 Å². The van der Waals surface area contributed by atoms with E-state index in [-0.39, 0.29) is 22.0 Å². The number of nitrogens with zero attached hydrogens (tertiary/aromatic N) is 5. The van der Waals surface area contributed by atoms with Crippen LogP contribution in [0, 0.1) is 0 Å². The Bertz CT molecular complexity index is 1140. The Hall–Kier alpha value is -2.68. The summed E-state index contributed by atoms with van der Waals surface area (Å²) >= 11 is 5.80. The second-order valence-corrected chi connectivity index (χ2v) is 6.74. The maximum absolute atomic E-state index is 12.5. The van der Waals surface area contributed by atoms with Crippen molar-refractivity contribution in [3.05, 3.63) is 54.3 Å². The molecule has 0 bridgehead atoms. The molecule has 0 atom stereocenters. The van der Waals surface area contributed by atoms with Crippen LogP contribution in [0.4, 0.5) is 0 Å². The van der Waals surface area contributed by atoms with Crippen molar-refractivity contribution in [3.8, 4) is 0 Å². The maximum atomic E-state index is 12.5. The van der Waals surface area contributed by atoms with Crippen LogP contribution in [0.3, 0.4) is 0 Å². The number of imidazole rings is 1. The molecule has 10 heteroatoms. The minimum atomic E-state index is -0.362. The zero-order valence-electron chi connectivity index (χ0n) is 15.2. The van der Waals surface area contributed by atoms with Gasteiger partial charge in [-0.15, -0.1) is 0 Å². The highest BCUT2D eigenvalue weighted by Crippen LogP contribution is 2.08. The number of aromatic nitrogens is 6. The molecule has 0 aliphatic carbocycles. The van der Waals surface area contributed by atoms with Gasteiger partial charge in [-0.2, -0.15) is 5.10 Å². The molecule has 3 heterocycles. The van der Waals surface area contributed by atoms with E-state index in [1.165, 1.54) is 25.9 Å². The highest BCUT2D eigenvalue weighted by molar-refractivity contribution is 6.29. The number of aromatic amines is 1. The number of hydrogen-bond donors (Lipinski definition) is 1. The molecule has 9 nitrogen and oxygen atoms in total. The number of H-pyrrole nitrogens is 1. The Kier molecular flexibility index (Phi) is 5.59. The standard InChI is InChI=1S/C17H21ClN6O3/c1-3-9-23-16(26)14-15(22(2)17(23)27)20-12(19-14)6-4-5-10-24-13(25)8-7-11(18)21-24/h7-8H,3-6,9-10H2,1-2H3,(H,19,20). The van der Waals surface area contributed by atoms with E-state index in [1.54, 1.807) is 7.05 Å². The molecule has 3 rings (SSSR count). The summed E-state index contributed by atoms with van der Waals surface area (Å²) in [5.41, 5.74) is -0.204. The quantitative estimate of drug-likeness (QED) is 0.605. The van der Waals surface area contributed by atoms with E-state index >= 15 is 0 Å². The van der Waals surface area contributed by atoms with Gasteiger partial charge in [-0.3, -0.25) is 18.7 Å². The van der Waals surface area contributed by atoms with Gasteiger partial charge in [0.1, 0.15) is 16.5 Å². The van der Waals surface area contributed by atoms with Crippen molar-refractivity contribution in [2.24, 2.45) is 7.05 Å². The number of fused-ring (bicyclic) bond motifs is 1. The second kappa shape index (κ2) is 7.91. The maximum Gasteiger partial charge on any atom is 0.332 e. The van der Waals surface area contributed by atoms with E-state index in [4.69, 9.17) is 11.6 Å². The Morgan fingerprint density at radius 2 is 1.93 bits per heavy atom.